The summed E-state index contributed by atoms with van der Waals surface area (Å²) in [6.45, 7) is 3.13. The second-order valence-electron chi connectivity index (χ2n) is 5.41. The average Bonchev–Trinajstić information content (AvgIpc) is 3.12. The minimum Gasteiger partial charge on any atom is -0.308 e. The van der Waals surface area contributed by atoms with Gasteiger partial charge in [0.25, 0.3) is 5.91 Å². The predicted octanol–water partition coefficient (Wildman–Crippen LogP) is 3.09. The topological polar surface area (TPSA) is 62.2 Å². The number of aryl methyl sites for hydroxylation is 1. The van der Waals surface area contributed by atoms with E-state index in [2.05, 4.69) is 14.6 Å². The minimum absolute atomic E-state index is 0. The molecule has 2 heterocycles. The highest BCUT2D eigenvalue weighted by molar-refractivity contribution is 7.22. The lowest BCUT2D eigenvalue weighted by Crippen LogP contribution is -2.36. The number of amides is 1. The Morgan fingerprint density at radius 1 is 1.21 bits per heavy atom. The first-order chi connectivity index (χ1) is 11.1. The molecule has 0 fully saturated rings. The quantitative estimate of drug-likeness (QED) is 0.677. The first-order valence-corrected chi connectivity index (χ1v) is 8.76. The molecule has 0 saturated carbocycles. The standard InChI is InChI=1S/C15H17N5OS2.ClH/c1-10-13(23-18-17-10)14(21)20(9-8-19(2)3)15-16-11-6-4-5-7-12(11)22-15;/h4-7H,8-9H2,1-3H3;1H. The van der Waals surface area contributed by atoms with Crippen LogP contribution >= 0.6 is 35.3 Å². The van der Waals surface area contributed by atoms with Crippen LogP contribution in [0, 0.1) is 6.92 Å². The van der Waals surface area contributed by atoms with Crippen molar-refractivity contribution in [1.82, 2.24) is 19.5 Å². The van der Waals surface area contributed by atoms with Gasteiger partial charge >= 0.3 is 0 Å². The number of benzene rings is 1. The average molecular weight is 384 g/mol. The molecule has 1 aromatic carbocycles. The molecule has 6 nitrogen and oxygen atoms in total. The van der Waals surface area contributed by atoms with Gasteiger partial charge in [0.05, 0.1) is 15.9 Å². The zero-order valence-corrected chi connectivity index (χ0v) is 16.0. The molecule has 0 bridgehead atoms. The predicted molar refractivity (Wildman–Crippen MR) is 102 cm³/mol. The van der Waals surface area contributed by atoms with Crippen molar-refractivity contribution in [3.05, 3.63) is 34.8 Å². The molecule has 0 N–H and O–H groups in total. The SMILES string of the molecule is Cc1nnsc1C(=O)N(CCN(C)C)c1nc2ccccc2s1.Cl. The zero-order valence-electron chi connectivity index (χ0n) is 13.6. The molecule has 0 aliphatic carbocycles. The lowest BCUT2D eigenvalue weighted by atomic mass is 10.3. The van der Waals surface area contributed by atoms with Crippen LogP contribution in [-0.2, 0) is 0 Å². The Balaban J connectivity index is 0.00000208. The maximum atomic E-state index is 12.9. The van der Waals surface area contributed by atoms with Crippen molar-refractivity contribution in [3.8, 4) is 0 Å². The Hall–Kier alpha value is -1.61. The van der Waals surface area contributed by atoms with E-state index >= 15 is 0 Å². The van der Waals surface area contributed by atoms with Crippen molar-refractivity contribution in [2.24, 2.45) is 0 Å². The Bertz CT molecular complexity index is 799. The molecule has 0 aliphatic heterocycles. The second-order valence-corrected chi connectivity index (χ2v) is 7.17. The molecule has 0 spiro atoms. The van der Waals surface area contributed by atoms with Gasteiger partial charge in [0.1, 0.15) is 4.88 Å². The molecule has 128 valence electrons. The number of hydrogen-bond acceptors (Lipinski definition) is 7. The first-order valence-electron chi connectivity index (χ1n) is 7.17. The van der Waals surface area contributed by atoms with E-state index in [4.69, 9.17) is 0 Å². The summed E-state index contributed by atoms with van der Waals surface area (Å²) in [5.41, 5.74) is 1.57. The monoisotopic (exact) mass is 383 g/mol. The Kier molecular flexibility index (Phi) is 6.22. The molecule has 3 rings (SSSR count). The summed E-state index contributed by atoms with van der Waals surface area (Å²) in [6.07, 6.45) is 0. The third kappa shape index (κ3) is 3.89. The molecule has 9 heteroatoms. The summed E-state index contributed by atoms with van der Waals surface area (Å²) >= 11 is 2.66. The number of fused-ring (bicyclic) bond motifs is 1. The number of nitrogens with zero attached hydrogens (tertiary/aromatic N) is 5. The number of hydrogen-bond donors (Lipinski definition) is 0. The summed E-state index contributed by atoms with van der Waals surface area (Å²) in [6, 6.07) is 7.91. The Morgan fingerprint density at radius 2 is 1.96 bits per heavy atom. The van der Waals surface area contributed by atoms with Crippen LogP contribution in [0.1, 0.15) is 15.4 Å². The molecule has 0 unspecified atom stereocenters. The van der Waals surface area contributed by atoms with E-state index in [0.717, 1.165) is 28.3 Å². The van der Waals surface area contributed by atoms with E-state index in [1.807, 2.05) is 43.3 Å². The van der Waals surface area contributed by atoms with Crippen LogP contribution in [0.5, 0.6) is 0 Å². The summed E-state index contributed by atoms with van der Waals surface area (Å²) in [5, 5.41) is 4.66. The first kappa shape index (κ1) is 18.7. The van der Waals surface area contributed by atoms with Crippen molar-refractivity contribution >= 4 is 56.5 Å². The van der Waals surface area contributed by atoms with E-state index in [-0.39, 0.29) is 18.3 Å². The fourth-order valence-electron chi connectivity index (χ4n) is 2.11. The van der Waals surface area contributed by atoms with Gasteiger partial charge < -0.3 is 4.90 Å². The van der Waals surface area contributed by atoms with E-state index in [0.29, 0.717) is 22.2 Å². The van der Waals surface area contributed by atoms with Gasteiger partial charge in [0, 0.05) is 13.1 Å². The number of rotatable bonds is 5. The van der Waals surface area contributed by atoms with Gasteiger partial charge in [-0.1, -0.05) is 28.0 Å². The minimum atomic E-state index is -0.0848. The largest absolute Gasteiger partial charge is 0.308 e. The van der Waals surface area contributed by atoms with Gasteiger partial charge in [-0.05, 0) is 44.7 Å². The number of likely N-dealkylation sites (N-methyl/N-ethyl adjacent to an activating group) is 1. The molecule has 1 amide bonds. The van der Waals surface area contributed by atoms with Crippen LogP contribution < -0.4 is 4.90 Å². The molecular formula is C15H18ClN5OS2. The number of aromatic nitrogens is 3. The number of carbonyl (C=O) groups is 1. The van der Waals surface area contributed by atoms with E-state index in [1.165, 1.54) is 11.3 Å². The normalized spacial score (nSPS) is 10.8. The fraction of sp³-hybridized carbons (Fsp3) is 0.333. The van der Waals surface area contributed by atoms with E-state index in [1.54, 1.807) is 11.8 Å². The van der Waals surface area contributed by atoms with Crippen LogP contribution in [0.3, 0.4) is 0 Å². The van der Waals surface area contributed by atoms with Crippen molar-refractivity contribution in [1.29, 1.82) is 0 Å². The lowest BCUT2D eigenvalue weighted by molar-refractivity contribution is 0.0988. The van der Waals surface area contributed by atoms with Gasteiger partial charge in [-0.2, -0.15) is 0 Å². The Labute approximate surface area is 154 Å². The van der Waals surface area contributed by atoms with Crippen LogP contribution in [-0.4, -0.2) is 52.6 Å². The van der Waals surface area contributed by atoms with Gasteiger partial charge in [0.2, 0.25) is 0 Å². The fourth-order valence-corrected chi connectivity index (χ4v) is 3.71. The highest BCUT2D eigenvalue weighted by Gasteiger charge is 2.24. The molecule has 0 radical (unpaired) electrons. The molecule has 24 heavy (non-hydrogen) atoms. The van der Waals surface area contributed by atoms with E-state index in [9.17, 15) is 4.79 Å². The van der Waals surface area contributed by atoms with Gasteiger partial charge in [0.15, 0.2) is 5.13 Å². The van der Waals surface area contributed by atoms with Crippen molar-refractivity contribution in [2.75, 3.05) is 32.1 Å². The van der Waals surface area contributed by atoms with Crippen molar-refractivity contribution < 1.29 is 4.79 Å². The molecule has 3 aromatic rings. The summed E-state index contributed by atoms with van der Waals surface area (Å²) in [5.74, 6) is -0.0848. The van der Waals surface area contributed by atoms with Gasteiger partial charge in [-0.3, -0.25) is 9.69 Å². The zero-order chi connectivity index (χ0) is 16.4. The van der Waals surface area contributed by atoms with Crippen molar-refractivity contribution in [3.63, 3.8) is 0 Å². The maximum Gasteiger partial charge on any atom is 0.273 e. The number of thiazole rings is 1. The number of carbonyl (C=O) groups excluding carboxylic acids is 1. The third-order valence-electron chi connectivity index (χ3n) is 3.38. The van der Waals surface area contributed by atoms with Crippen LogP contribution in [0.4, 0.5) is 5.13 Å². The second kappa shape index (κ2) is 7.98. The highest BCUT2D eigenvalue weighted by Crippen LogP contribution is 2.30. The summed E-state index contributed by atoms with van der Waals surface area (Å²) in [4.78, 5) is 21.9. The molecule has 0 atom stereocenters. The molecule has 0 aliphatic rings. The van der Waals surface area contributed by atoms with Crippen molar-refractivity contribution in [2.45, 2.75) is 6.92 Å². The lowest BCUT2D eigenvalue weighted by Gasteiger charge is -2.21. The molecule has 2 aromatic heterocycles. The summed E-state index contributed by atoms with van der Waals surface area (Å²) < 4.78 is 4.95. The van der Waals surface area contributed by atoms with Gasteiger partial charge in [-0.25, -0.2) is 4.98 Å². The van der Waals surface area contributed by atoms with Crippen LogP contribution in [0.2, 0.25) is 0 Å². The number of para-hydroxylation sites is 1. The summed E-state index contributed by atoms with van der Waals surface area (Å²) in [7, 11) is 3.97. The molecular weight excluding hydrogens is 366 g/mol. The van der Waals surface area contributed by atoms with E-state index < -0.39 is 0 Å². The highest BCUT2D eigenvalue weighted by atomic mass is 35.5. The number of anilines is 1. The van der Waals surface area contributed by atoms with Crippen LogP contribution in [0.25, 0.3) is 10.2 Å². The third-order valence-corrected chi connectivity index (χ3v) is 5.25. The Morgan fingerprint density at radius 3 is 2.58 bits per heavy atom. The number of halogens is 1. The van der Waals surface area contributed by atoms with Crippen LogP contribution in [0.15, 0.2) is 24.3 Å². The maximum absolute atomic E-state index is 12.9. The molecule has 0 saturated heterocycles. The smallest absolute Gasteiger partial charge is 0.273 e. The van der Waals surface area contributed by atoms with Gasteiger partial charge in [-0.15, -0.1) is 17.5 Å².